The van der Waals surface area contributed by atoms with Gasteiger partial charge < -0.3 is 11.5 Å². The third-order valence-electron chi connectivity index (χ3n) is 9.45. The van der Waals surface area contributed by atoms with Crippen LogP contribution in [-0.4, -0.2) is 45.1 Å². The number of carbonyl (C=O) groups is 1. The SMILES string of the molecule is Cn1nc(NS(C)(=O)=O)c2cccc(-c3cc(N)c(C#N)nc3[C@@H](Cc3cc(F)cc(F)c3)C(C(N)=O)n3nc(C(F)(F)F)c4c3C(F)(F)[C@@H]3C[C@H]43)c21. The molecule has 2 aliphatic carbocycles. The van der Waals surface area contributed by atoms with Gasteiger partial charge in [0.25, 0.3) is 5.92 Å². The number of rotatable bonds is 9. The predicted molar refractivity (Wildman–Crippen MR) is 175 cm³/mol. The number of nitrogen functional groups attached to an aromatic ring is 1. The summed E-state index contributed by atoms with van der Waals surface area (Å²) in [6.07, 6.45) is -5.23. The maximum Gasteiger partial charge on any atom is 0.435 e. The second-order valence-electron chi connectivity index (χ2n) is 13.1. The Morgan fingerprint density at radius 2 is 1.81 bits per heavy atom. The van der Waals surface area contributed by atoms with Gasteiger partial charge in [-0.2, -0.15) is 37.4 Å². The van der Waals surface area contributed by atoms with Gasteiger partial charge in [0.05, 0.1) is 23.2 Å². The molecule has 0 bridgehead atoms. The van der Waals surface area contributed by atoms with Crippen LogP contribution >= 0.6 is 0 Å². The fourth-order valence-electron chi connectivity index (χ4n) is 7.40. The largest absolute Gasteiger partial charge is 0.435 e. The second kappa shape index (κ2) is 11.9. The Labute approximate surface area is 295 Å². The summed E-state index contributed by atoms with van der Waals surface area (Å²) in [4.78, 5) is 17.9. The first-order valence-corrected chi connectivity index (χ1v) is 17.6. The zero-order valence-corrected chi connectivity index (χ0v) is 28.2. The maximum atomic E-state index is 15.9. The molecule has 53 heavy (non-hydrogen) atoms. The van der Waals surface area contributed by atoms with Gasteiger partial charge in [-0.3, -0.25) is 14.2 Å². The third kappa shape index (κ3) is 5.97. The molecule has 0 spiro atoms. The first-order chi connectivity index (χ1) is 24.7. The van der Waals surface area contributed by atoms with Crippen molar-refractivity contribution in [1.82, 2.24) is 24.5 Å². The van der Waals surface area contributed by atoms with Gasteiger partial charge in [0.15, 0.2) is 17.2 Å². The molecule has 3 heterocycles. The number of fused-ring (bicyclic) bond motifs is 4. The number of para-hydroxylation sites is 1. The minimum absolute atomic E-state index is 0.0245. The van der Waals surface area contributed by atoms with Gasteiger partial charge in [-0.05, 0) is 48.6 Å². The molecule has 1 unspecified atom stereocenters. The molecule has 2 aromatic carbocycles. The zero-order valence-electron chi connectivity index (χ0n) is 27.4. The Kier molecular flexibility index (Phi) is 8.02. The lowest BCUT2D eigenvalue weighted by Gasteiger charge is -2.29. The van der Waals surface area contributed by atoms with E-state index in [4.69, 9.17) is 11.5 Å². The molecule has 20 heteroatoms. The van der Waals surface area contributed by atoms with E-state index in [9.17, 15) is 40.4 Å². The number of aromatic nitrogens is 5. The number of sulfonamides is 1. The highest BCUT2D eigenvalue weighted by molar-refractivity contribution is 7.92. The average molecular weight is 762 g/mol. The Morgan fingerprint density at radius 3 is 2.42 bits per heavy atom. The Balaban J connectivity index is 1.55. The molecule has 0 saturated heterocycles. The predicted octanol–water partition coefficient (Wildman–Crippen LogP) is 5.22. The van der Waals surface area contributed by atoms with Gasteiger partial charge in [0.2, 0.25) is 15.9 Å². The van der Waals surface area contributed by atoms with E-state index in [0.717, 1.165) is 18.4 Å². The van der Waals surface area contributed by atoms with Crippen LogP contribution in [0.5, 0.6) is 0 Å². The number of aryl methyl sites for hydroxylation is 1. The number of nitrogens with zero attached hydrogens (tertiary/aromatic N) is 6. The van der Waals surface area contributed by atoms with Gasteiger partial charge in [-0.25, -0.2) is 26.9 Å². The Bertz CT molecular complexity index is 2510. The summed E-state index contributed by atoms with van der Waals surface area (Å²) >= 11 is 0. The van der Waals surface area contributed by atoms with Crippen molar-refractivity contribution in [1.29, 1.82) is 5.26 Å². The number of carbonyl (C=O) groups excluding carboxylic acids is 1. The van der Waals surface area contributed by atoms with Gasteiger partial charge in [0, 0.05) is 47.0 Å². The number of nitrogens with one attached hydrogen (secondary N) is 1. The van der Waals surface area contributed by atoms with E-state index in [-0.39, 0.29) is 55.9 Å². The van der Waals surface area contributed by atoms with Crippen molar-refractivity contribution in [3.63, 3.8) is 0 Å². The summed E-state index contributed by atoms with van der Waals surface area (Å²) < 4.78 is 132. The fourth-order valence-corrected chi connectivity index (χ4v) is 7.90. The summed E-state index contributed by atoms with van der Waals surface area (Å²) in [5.74, 6) is -12.0. The lowest BCUT2D eigenvalue weighted by atomic mass is 9.83. The van der Waals surface area contributed by atoms with Crippen molar-refractivity contribution in [2.75, 3.05) is 16.7 Å². The fraction of sp³-hybridized carbons (Fsp3) is 0.303. The lowest BCUT2D eigenvalue weighted by Crippen LogP contribution is -2.37. The number of hydrogen-bond donors (Lipinski definition) is 3. The Hall–Kier alpha value is -5.71. The van der Waals surface area contributed by atoms with Crippen LogP contribution in [0.15, 0.2) is 42.5 Å². The molecule has 4 atom stereocenters. The molecule has 2 aliphatic rings. The number of halogens is 7. The van der Waals surface area contributed by atoms with E-state index >= 15 is 8.78 Å². The summed E-state index contributed by atoms with van der Waals surface area (Å²) in [7, 11) is -2.39. The van der Waals surface area contributed by atoms with Crippen LogP contribution in [0.25, 0.3) is 22.0 Å². The monoisotopic (exact) mass is 761 g/mol. The average Bonchev–Trinajstić information content (AvgIpc) is 3.58. The third-order valence-corrected chi connectivity index (χ3v) is 10.0. The highest BCUT2D eigenvalue weighted by atomic mass is 32.2. The summed E-state index contributed by atoms with van der Waals surface area (Å²) in [6.45, 7) is 0. The number of nitriles is 1. The lowest BCUT2D eigenvalue weighted by molar-refractivity contribution is -0.142. The molecule has 0 radical (unpaired) electrons. The number of alkyl halides is 5. The molecule has 0 aliphatic heterocycles. The minimum Gasteiger partial charge on any atom is -0.396 e. The molecule has 276 valence electrons. The minimum atomic E-state index is -5.22. The standard InChI is InChI=1S/C33H26F7N9O3S/c1-48-26-16(4-3-5-17(26)31(46-48)47-53(2,51)52)18-11-22(42)23(12-41)44-25(18)20(8-13-6-14(34)9-15(35)7-13)27(30(43)50)49-29-24(28(45-49)33(38,39)40)19-10-21(19)32(29,36)37/h3-7,9,11,19-21,27H,8,10,42H2,1-2H3,(H2,43,50)(H,46,47)/t19-,20+,21+,27?/m0/s1. The summed E-state index contributed by atoms with van der Waals surface area (Å²) in [5.41, 5.74) is 7.67. The maximum absolute atomic E-state index is 15.9. The van der Waals surface area contributed by atoms with E-state index in [2.05, 4.69) is 19.9 Å². The zero-order chi connectivity index (χ0) is 38.5. The molecule has 3 aromatic heterocycles. The van der Waals surface area contributed by atoms with Crippen LogP contribution in [0.3, 0.4) is 0 Å². The van der Waals surface area contributed by atoms with Crippen molar-refractivity contribution in [2.45, 2.75) is 42.8 Å². The number of benzene rings is 2. The molecule has 1 fully saturated rings. The van der Waals surface area contributed by atoms with Gasteiger partial charge >= 0.3 is 6.18 Å². The molecule has 5 aromatic rings. The van der Waals surface area contributed by atoms with E-state index in [1.165, 1.54) is 36.0 Å². The van der Waals surface area contributed by atoms with Crippen molar-refractivity contribution in [3.05, 3.63) is 88.0 Å². The van der Waals surface area contributed by atoms with Crippen LogP contribution < -0.4 is 16.2 Å². The summed E-state index contributed by atoms with van der Waals surface area (Å²) in [6, 6.07) is 7.54. The van der Waals surface area contributed by atoms with Crippen molar-refractivity contribution < 1.29 is 43.9 Å². The topological polar surface area (TPSA) is 188 Å². The molecular formula is C33H26F7N9O3S. The number of primary amides is 1. The van der Waals surface area contributed by atoms with Gasteiger partial charge in [-0.1, -0.05) is 12.1 Å². The molecule has 12 nitrogen and oxygen atoms in total. The first-order valence-electron chi connectivity index (χ1n) is 15.7. The van der Waals surface area contributed by atoms with E-state index in [0.29, 0.717) is 6.07 Å². The number of hydrogen-bond acceptors (Lipinski definition) is 8. The van der Waals surface area contributed by atoms with Crippen LogP contribution in [-0.2, 0) is 40.4 Å². The Morgan fingerprint density at radius 1 is 1.13 bits per heavy atom. The highest BCUT2D eigenvalue weighted by Crippen LogP contribution is 2.69. The van der Waals surface area contributed by atoms with Crippen LogP contribution in [0.1, 0.15) is 58.2 Å². The van der Waals surface area contributed by atoms with Crippen molar-refractivity contribution in [3.8, 4) is 17.2 Å². The van der Waals surface area contributed by atoms with Crippen LogP contribution in [0.4, 0.5) is 42.2 Å². The van der Waals surface area contributed by atoms with E-state index in [1.54, 1.807) is 6.07 Å². The van der Waals surface area contributed by atoms with Crippen molar-refractivity contribution >= 4 is 38.3 Å². The summed E-state index contributed by atoms with van der Waals surface area (Å²) in [5, 5.41) is 18.0. The second-order valence-corrected chi connectivity index (χ2v) is 14.8. The molecule has 5 N–H and O–H groups in total. The first kappa shape index (κ1) is 35.7. The van der Waals surface area contributed by atoms with Crippen molar-refractivity contribution in [2.24, 2.45) is 18.7 Å². The van der Waals surface area contributed by atoms with Crippen LogP contribution in [0, 0.1) is 28.9 Å². The van der Waals surface area contributed by atoms with Crippen LogP contribution in [0.2, 0.25) is 0 Å². The van der Waals surface area contributed by atoms with E-state index in [1.807, 2.05) is 0 Å². The molecular weight excluding hydrogens is 735 g/mol. The molecule has 1 amide bonds. The molecule has 7 rings (SSSR count). The number of amides is 1. The van der Waals surface area contributed by atoms with Gasteiger partial charge in [0.1, 0.15) is 29.4 Å². The van der Waals surface area contributed by atoms with E-state index < -0.39 is 92.5 Å². The normalized spacial score (nSPS) is 18.6. The highest BCUT2D eigenvalue weighted by Gasteiger charge is 2.69. The van der Waals surface area contributed by atoms with Gasteiger partial charge in [-0.15, -0.1) is 0 Å². The number of nitrogens with two attached hydrogens (primary N) is 2. The quantitative estimate of drug-likeness (QED) is 0.171. The number of pyridine rings is 1. The smallest absolute Gasteiger partial charge is 0.396 e. The number of anilines is 2. The molecule has 1 saturated carbocycles.